The first-order valence-corrected chi connectivity index (χ1v) is 9.37. The van der Waals surface area contributed by atoms with Crippen LogP contribution in [0.1, 0.15) is 19.4 Å². The number of hydrogen-bond acceptors (Lipinski definition) is 6. The first kappa shape index (κ1) is 20.9. The molecule has 3 amide bonds. The van der Waals surface area contributed by atoms with E-state index in [-0.39, 0.29) is 29.6 Å². The lowest BCUT2D eigenvalue weighted by Crippen LogP contribution is -2.32. The van der Waals surface area contributed by atoms with Gasteiger partial charge in [-0.25, -0.2) is 0 Å². The van der Waals surface area contributed by atoms with Crippen molar-refractivity contribution in [1.29, 1.82) is 0 Å². The number of hydrogen-bond donors (Lipinski definition) is 2. The average Bonchev–Trinajstić information content (AvgIpc) is 2.97. The third kappa shape index (κ3) is 3.98. The van der Waals surface area contributed by atoms with Gasteiger partial charge in [0.15, 0.2) is 11.5 Å². The molecular weight excluding hydrogens is 386 g/mol. The molecule has 1 aliphatic heterocycles. The zero-order chi connectivity index (χ0) is 21.8. The number of ether oxygens (including phenoxy) is 2. The fraction of sp³-hybridized carbons (Fsp3) is 0.227. The topological polar surface area (TPSA) is 97.0 Å². The molecule has 156 valence electrons. The predicted octanol–water partition coefficient (Wildman–Crippen LogP) is 2.87. The van der Waals surface area contributed by atoms with Crippen LogP contribution in [0.5, 0.6) is 11.5 Å². The van der Waals surface area contributed by atoms with E-state index in [1.807, 2.05) is 0 Å². The maximum Gasteiger partial charge on any atom is 0.278 e. The highest BCUT2D eigenvalue weighted by Gasteiger charge is 2.38. The molecule has 0 radical (unpaired) electrons. The van der Waals surface area contributed by atoms with E-state index in [0.29, 0.717) is 28.4 Å². The summed E-state index contributed by atoms with van der Waals surface area (Å²) in [6.45, 7) is 3.41. The summed E-state index contributed by atoms with van der Waals surface area (Å²) in [5, 5.41) is 5.75. The smallest absolute Gasteiger partial charge is 0.278 e. The monoisotopic (exact) mass is 409 g/mol. The van der Waals surface area contributed by atoms with Crippen molar-refractivity contribution >= 4 is 34.7 Å². The highest BCUT2D eigenvalue weighted by Crippen LogP contribution is 2.34. The Labute approximate surface area is 174 Å². The fourth-order valence-corrected chi connectivity index (χ4v) is 3.23. The number of carbonyl (C=O) groups is 3. The Balaban J connectivity index is 2.02. The van der Waals surface area contributed by atoms with E-state index >= 15 is 0 Å². The zero-order valence-electron chi connectivity index (χ0n) is 17.2. The quantitative estimate of drug-likeness (QED) is 0.683. The first-order chi connectivity index (χ1) is 14.4. The van der Waals surface area contributed by atoms with Gasteiger partial charge in [-0.1, -0.05) is 12.1 Å². The molecule has 0 saturated heterocycles. The van der Waals surface area contributed by atoms with Crippen LogP contribution >= 0.6 is 0 Å². The number of amides is 3. The largest absolute Gasteiger partial charge is 0.493 e. The van der Waals surface area contributed by atoms with Gasteiger partial charge in [-0.3, -0.25) is 19.3 Å². The molecule has 1 aliphatic rings. The van der Waals surface area contributed by atoms with E-state index in [9.17, 15) is 14.4 Å². The standard InChI is InChI=1S/C22H23N3O5/c1-5-25-21(27)19(14-6-8-15(9-7-14)23-13(2)26)20(22(25)28)24-16-10-11-17(29-3)18(12-16)30-4/h6-12,24H,5H2,1-4H3,(H,23,26). The van der Waals surface area contributed by atoms with Gasteiger partial charge in [0.25, 0.3) is 11.8 Å². The lowest BCUT2D eigenvalue weighted by atomic mass is 10.0. The Kier molecular flexibility index (Phi) is 6.06. The molecule has 0 fully saturated rings. The number of benzene rings is 2. The number of nitrogens with zero attached hydrogens (tertiary/aromatic N) is 1. The molecule has 0 atom stereocenters. The Morgan fingerprint density at radius 1 is 0.933 bits per heavy atom. The van der Waals surface area contributed by atoms with E-state index in [0.717, 1.165) is 0 Å². The van der Waals surface area contributed by atoms with Crippen LogP contribution in [0, 0.1) is 0 Å². The summed E-state index contributed by atoms with van der Waals surface area (Å²) < 4.78 is 10.5. The normalized spacial score (nSPS) is 13.5. The molecule has 0 spiro atoms. The van der Waals surface area contributed by atoms with E-state index in [1.165, 1.54) is 26.0 Å². The van der Waals surface area contributed by atoms with Crippen LogP contribution in [-0.2, 0) is 14.4 Å². The van der Waals surface area contributed by atoms with Gasteiger partial charge in [-0.15, -0.1) is 0 Å². The molecule has 0 bridgehead atoms. The maximum absolute atomic E-state index is 12.9. The van der Waals surface area contributed by atoms with Crippen LogP contribution in [0.3, 0.4) is 0 Å². The molecule has 8 nitrogen and oxygen atoms in total. The molecular formula is C22H23N3O5. The number of carbonyl (C=O) groups excluding carboxylic acids is 3. The molecule has 3 rings (SSSR count). The molecule has 0 saturated carbocycles. The van der Waals surface area contributed by atoms with Crippen molar-refractivity contribution in [3.05, 3.63) is 53.7 Å². The lowest BCUT2D eigenvalue weighted by Gasteiger charge is -2.13. The first-order valence-electron chi connectivity index (χ1n) is 9.37. The van der Waals surface area contributed by atoms with E-state index in [4.69, 9.17) is 9.47 Å². The van der Waals surface area contributed by atoms with Crippen molar-refractivity contribution in [1.82, 2.24) is 4.90 Å². The van der Waals surface area contributed by atoms with E-state index in [2.05, 4.69) is 10.6 Å². The summed E-state index contributed by atoms with van der Waals surface area (Å²) >= 11 is 0. The molecule has 8 heteroatoms. The number of methoxy groups -OCH3 is 2. The Bertz CT molecular complexity index is 1030. The number of anilines is 2. The molecule has 0 aliphatic carbocycles. The van der Waals surface area contributed by atoms with Gasteiger partial charge in [0.1, 0.15) is 5.70 Å². The van der Waals surface area contributed by atoms with Crippen LogP contribution in [0.25, 0.3) is 5.57 Å². The third-order valence-corrected chi connectivity index (χ3v) is 4.63. The highest BCUT2D eigenvalue weighted by molar-refractivity contribution is 6.36. The van der Waals surface area contributed by atoms with Gasteiger partial charge in [0.2, 0.25) is 5.91 Å². The van der Waals surface area contributed by atoms with Crippen molar-refractivity contribution in [3.63, 3.8) is 0 Å². The molecule has 1 heterocycles. The minimum atomic E-state index is -0.404. The SMILES string of the molecule is CCN1C(=O)C(Nc2ccc(OC)c(OC)c2)=C(c2ccc(NC(C)=O)cc2)C1=O. The minimum absolute atomic E-state index is 0.182. The summed E-state index contributed by atoms with van der Waals surface area (Å²) in [5.74, 6) is 0.0706. The number of rotatable bonds is 7. The van der Waals surface area contributed by atoms with Crippen molar-refractivity contribution < 1.29 is 23.9 Å². The molecule has 30 heavy (non-hydrogen) atoms. The Morgan fingerprint density at radius 3 is 2.13 bits per heavy atom. The van der Waals surface area contributed by atoms with Crippen LogP contribution in [0.15, 0.2) is 48.2 Å². The molecule has 0 unspecified atom stereocenters. The van der Waals surface area contributed by atoms with Crippen molar-refractivity contribution in [3.8, 4) is 11.5 Å². The fourth-order valence-electron chi connectivity index (χ4n) is 3.23. The Hall–Kier alpha value is -3.81. The van der Waals surface area contributed by atoms with Gasteiger partial charge >= 0.3 is 0 Å². The number of imide groups is 1. The second kappa shape index (κ2) is 8.69. The third-order valence-electron chi connectivity index (χ3n) is 4.63. The maximum atomic E-state index is 12.9. The molecule has 0 aromatic heterocycles. The van der Waals surface area contributed by atoms with Crippen molar-refractivity contribution in [2.75, 3.05) is 31.4 Å². The summed E-state index contributed by atoms with van der Waals surface area (Å²) in [5.41, 5.74) is 2.20. The number of likely N-dealkylation sites (N-methyl/N-ethyl adjacent to an activating group) is 1. The van der Waals surface area contributed by atoms with E-state index < -0.39 is 5.91 Å². The predicted molar refractivity (Wildman–Crippen MR) is 113 cm³/mol. The Morgan fingerprint density at radius 2 is 1.57 bits per heavy atom. The summed E-state index contributed by atoms with van der Waals surface area (Å²) in [6.07, 6.45) is 0. The van der Waals surface area contributed by atoms with Crippen LogP contribution in [0.4, 0.5) is 11.4 Å². The van der Waals surface area contributed by atoms with Crippen LogP contribution < -0.4 is 20.1 Å². The van der Waals surface area contributed by atoms with Crippen LogP contribution in [0.2, 0.25) is 0 Å². The van der Waals surface area contributed by atoms with E-state index in [1.54, 1.807) is 49.4 Å². The molecule has 2 aromatic rings. The highest BCUT2D eigenvalue weighted by atomic mass is 16.5. The second-order valence-corrected chi connectivity index (χ2v) is 6.56. The molecule has 2 aromatic carbocycles. The average molecular weight is 409 g/mol. The van der Waals surface area contributed by atoms with Gasteiger partial charge in [0, 0.05) is 30.9 Å². The van der Waals surface area contributed by atoms with Gasteiger partial charge in [-0.05, 0) is 36.8 Å². The molecule has 2 N–H and O–H groups in total. The summed E-state index contributed by atoms with van der Waals surface area (Å²) in [4.78, 5) is 38.2. The lowest BCUT2D eigenvalue weighted by molar-refractivity contribution is -0.136. The summed E-state index contributed by atoms with van der Waals surface area (Å²) in [6, 6.07) is 11.9. The van der Waals surface area contributed by atoms with Gasteiger partial charge in [-0.2, -0.15) is 0 Å². The number of nitrogens with one attached hydrogen (secondary N) is 2. The minimum Gasteiger partial charge on any atom is -0.493 e. The van der Waals surface area contributed by atoms with Gasteiger partial charge in [0.05, 0.1) is 19.8 Å². The zero-order valence-corrected chi connectivity index (χ0v) is 17.2. The summed E-state index contributed by atoms with van der Waals surface area (Å²) in [7, 11) is 3.06. The van der Waals surface area contributed by atoms with Crippen molar-refractivity contribution in [2.24, 2.45) is 0 Å². The van der Waals surface area contributed by atoms with Crippen LogP contribution in [-0.4, -0.2) is 43.4 Å². The second-order valence-electron chi connectivity index (χ2n) is 6.56. The van der Waals surface area contributed by atoms with Gasteiger partial charge < -0.3 is 20.1 Å². The van der Waals surface area contributed by atoms with Crippen molar-refractivity contribution in [2.45, 2.75) is 13.8 Å².